The fourth-order valence-electron chi connectivity index (χ4n) is 1.69. The van der Waals surface area contributed by atoms with Crippen LogP contribution in [0.2, 0.25) is 5.02 Å². The van der Waals surface area contributed by atoms with E-state index >= 15 is 0 Å². The summed E-state index contributed by atoms with van der Waals surface area (Å²) in [4.78, 5) is 17.1. The molecular formula is C16H19ClN2O3S. The standard InChI is InChI=1S/C16H19ClN2O3S/c1-10(14-18-15(19-22-14)16(2,3)4)21-13(20)9-23-12-8-6-5-7-11(12)17/h5-8,10H,9H2,1-4H3. The first-order valence-electron chi connectivity index (χ1n) is 7.18. The van der Waals surface area contributed by atoms with E-state index in [9.17, 15) is 4.79 Å². The molecule has 1 unspecified atom stereocenters. The molecule has 2 rings (SSSR count). The van der Waals surface area contributed by atoms with Crippen molar-refractivity contribution >= 4 is 29.3 Å². The molecule has 0 bridgehead atoms. The lowest BCUT2D eigenvalue weighted by atomic mass is 9.96. The molecule has 0 aliphatic rings. The molecule has 1 aromatic heterocycles. The van der Waals surface area contributed by atoms with Gasteiger partial charge in [0.2, 0.25) is 0 Å². The molecule has 2 aromatic rings. The lowest BCUT2D eigenvalue weighted by Crippen LogP contribution is -2.14. The predicted octanol–water partition coefficient (Wildman–Crippen LogP) is 4.42. The van der Waals surface area contributed by atoms with Gasteiger partial charge in [-0.15, -0.1) is 11.8 Å². The van der Waals surface area contributed by atoms with E-state index in [0.717, 1.165) is 4.90 Å². The van der Waals surface area contributed by atoms with E-state index in [2.05, 4.69) is 10.1 Å². The normalized spacial score (nSPS) is 12.9. The number of aromatic nitrogens is 2. The number of thioether (sulfide) groups is 1. The fourth-order valence-corrected chi connectivity index (χ4v) is 2.71. The van der Waals surface area contributed by atoms with Gasteiger partial charge < -0.3 is 9.26 Å². The van der Waals surface area contributed by atoms with Gasteiger partial charge in [-0.2, -0.15) is 4.98 Å². The van der Waals surface area contributed by atoms with Crippen molar-refractivity contribution < 1.29 is 14.1 Å². The summed E-state index contributed by atoms with van der Waals surface area (Å²) in [5, 5.41) is 4.54. The number of esters is 1. The van der Waals surface area contributed by atoms with Crippen molar-refractivity contribution in [1.82, 2.24) is 10.1 Å². The first-order valence-corrected chi connectivity index (χ1v) is 8.54. The van der Waals surface area contributed by atoms with Crippen LogP contribution in [0.4, 0.5) is 0 Å². The van der Waals surface area contributed by atoms with Gasteiger partial charge in [0.15, 0.2) is 11.9 Å². The highest BCUT2D eigenvalue weighted by Crippen LogP contribution is 2.27. The SMILES string of the molecule is CC(OC(=O)CSc1ccccc1Cl)c1nc(C(C)(C)C)no1. The minimum absolute atomic E-state index is 0.161. The van der Waals surface area contributed by atoms with E-state index in [-0.39, 0.29) is 17.1 Å². The Morgan fingerprint density at radius 3 is 2.70 bits per heavy atom. The van der Waals surface area contributed by atoms with Crippen molar-refractivity contribution in [3.05, 3.63) is 41.0 Å². The van der Waals surface area contributed by atoms with Gasteiger partial charge in [0, 0.05) is 10.3 Å². The maximum Gasteiger partial charge on any atom is 0.317 e. The molecule has 0 radical (unpaired) electrons. The van der Waals surface area contributed by atoms with Crippen molar-refractivity contribution in [2.24, 2.45) is 0 Å². The van der Waals surface area contributed by atoms with Crippen LogP contribution in [0.1, 0.15) is 45.5 Å². The average Bonchev–Trinajstić information content (AvgIpc) is 2.96. The Hall–Kier alpha value is -1.53. The zero-order valence-electron chi connectivity index (χ0n) is 13.5. The summed E-state index contributed by atoms with van der Waals surface area (Å²) in [6.07, 6.45) is -0.585. The third kappa shape index (κ3) is 4.97. The van der Waals surface area contributed by atoms with Crippen LogP contribution in [0.15, 0.2) is 33.7 Å². The second kappa shape index (κ2) is 7.36. The number of carbonyl (C=O) groups excluding carboxylic acids is 1. The van der Waals surface area contributed by atoms with Crippen molar-refractivity contribution in [3.63, 3.8) is 0 Å². The van der Waals surface area contributed by atoms with Gasteiger partial charge in [-0.3, -0.25) is 4.79 Å². The quantitative estimate of drug-likeness (QED) is 0.585. The summed E-state index contributed by atoms with van der Waals surface area (Å²) < 4.78 is 10.5. The first kappa shape index (κ1) is 17.8. The fraction of sp³-hybridized carbons (Fsp3) is 0.438. The summed E-state index contributed by atoms with van der Waals surface area (Å²) in [6, 6.07) is 7.35. The smallest absolute Gasteiger partial charge is 0.317 e. The molecule has 0 fully saturated rings. The number of carbonyl (C=O) groups is 1. The molecule has 5 nitrogen and oxygen atoms in total. The molecule has 0 amide bonds. The van der Waals surface area contributed by atoms with Gasteiger partial charge in [-0.25, -0.2) is 0 Å². The zero-order chi connectivity index (χ0) is 17.0. The lowest BCUT2D eigenvalue weighted by molar-refractivity contribution is -0.146. The Balaban J connectivity index is 1.90. The number of hydrogen-bond donors (Lipinski definition) is 0. The van der Waals surface area contributed by atoms with Crippen molar-refractivity contribution in [2.45, 2.75) is 44.1 Å². The number of nitrogens with zero attached hydrogens (tertiary/aromatic N) is 2. The highest BCUT2D eigenvalue weighted by atomic mass is 35.5. The molecule has 0 aliphatic heterocycles. The third-order valence-electron chi connectivity index (χ3n) is 2.95. The molecule has 0 saturated carbocycles. The second-order valence-corrected chi connectivity index (χ2v) is 7.48. The van der Waals surface area contributed by atoms with Gasteiger partial charge in [0.05, 0.1) is 10.8 Å². The van der Waals surface area contributed by atoms with Crippen molar-refractivity contribution in [3.8, 4) is 0 Å². The van der Waals surface area contributed by atoms with Crippen LogP contribution in [0.5, 0.6) is 0 Å². The van der Waals surface area contributed by atoms with E-state index in [1.165, 1.54) is 11.8 Å². The summed E-state index contributed by atoms with van der Waals surface area (Å²) in [6.45, 7) is 7.66. The van der Waals surface area contributed by atoms with Crippen LogP contribution >= 0.6 is 23.4 Å². The summed E-state index contributed by atoms with van der Waals surface area (Å²) >= 11 is 7.38. The van der Waals surface area contributed by atoms with E-state index < -0.39 is 6.10 Å². The first-order chi connectivity index (χ1) is 10.8. The number of ether oxygens (including phenoxy) is 1. The summed E-state index contributed by atoms with van der Waals surface area (Å²) in [5.41, 5.74) is -0.217. The molecule has 1 atom stereocenters. The second-order valence-electron chi connectivity index (χ2n) is 6.06. The van der Waals surface area contributed by atoms with Gasteiger partial charge in [0.25, 0.3) is 5.89 Å². The number of rotatable bonds is 5. The number of benzene rings is 1. The van der Waals surface area contributed by atoms with Crippen LogP contribution in [-0.4, -0.2) is 21.9 Å². The monoisotopic (exact) mass is 354 g/mol. The maximum absolute atomic E-state index is 11.9. The van der Waals surface area contributed by atoms with E-state index in [1.807, 2.05) is 39.0 Å². The molecule has 0 aliphatic carbocycles. The lowest BCUT2D eigenvalue weighted by Gasteiger charge is -2.11. The summed E-state index contributed by atoms with van der Waals surface area (Å²) in [7, 11) is 0. The summed E-state index contributed by atoms with van der Waals surface area (Å²) in [5.74, 6) is 0.679. The molecule has 0 spiro atoms. The van der Waals surface area contributed by atoms with Crippen LogP contribution in [0, 0.1) is 0 Å². The van der Waals surface area contributed by atoms with E-state index in [4.69, 9.17) is 20.9 Å². The maximum atomic E-state index is 11.9. The van der Waals surface area contributed by atoms with Gasteiger partial charge in [-0.05, 0) is 19.1 Å². The molecule has 0 saturated heterocycles. The zero-order valence-corrected chi connectivity index (χ0v) is 15.1. The minimum Gasteiger partial charge on any atom is -0.452 e. The molecule has 1 aromatic carbocycles. The Bertz CT molecular complexity index is 682. The molecule has 1 heterocycles. The topological polar surface area (TPSA) is 65.2 Å². The van der Waals surface area contributed by atoms with E-state index in [0.29, 0.717) is 16.7 Å². The van der Waals surface area contributed by atoms with Crippen molar-refractivity contribution in [1.29, 1.82) is 0 Å². The Morgan fingerprint density at radius 1 is 1.39 bits per heavy atom. The average molecular weight is 355 g/mol. The van der Waals surface area contributed by atoms with E-state index in [1.54, 1.807) is 13.0 Å². The van der Waals surface area contributed by atoms with Gasteiger partial charge >= 0.3 is 5.97 Å². The largest absolute Gasteiger partial charge is 0.452 e. The molecule has 0 N–H and O–H groups in total. The minimum atomic E-state index is -0.585. The predicted molar refractivity (Wildman–Crippen MR) is 89.7 cm³/mol. The Morgan fingerprint density at radius 2 is 2.09 bits per heavy atom. The molecule has 23 heavy (non-hydrogen) atoms. The van der Waals surface area contributed by atoms with Crippen molar-refractivity contribution in [2.75, 3.05) is 5.75 Å². The molecule has 124 valence electrons. The highest BCUT2D eigenvalue weighted by molar-refractivity contribution is 8.00. The van der Waals surface area contributed by atoms with Gasteiger partial charge in [-0.1, -0.05) is 49.7 Å². The Kier molecular flexibility index (Phi) is 5.70. The molecule has 7 heteroatoms. The number of halogens is 1. The van der Waals surface area contributed by atoms with Crippen LogP contribution in [0.25, 0.3) is 0 Å². The van der Waals surface area contributed by atoms with Gasteiger partial charge in [0.1, 0.15) is 0 Å². The molecular weight excluding hydrogens is 336 g/mol. The number of hydrogen-bond acceptors (Lipinski definition) is 6. The third-order valence-corrected chi connectivity index (χ3v) is 4.44. The van der Waals surface area contributed by atoms with Crippen LogP contribution < -0.4 is 0 Å². The Labute approximate surface area is 144 Å². The van der Waals surface area contributed by atoms with Crippen LogP contribution in [0.3, 0.4) is 0 Å². The van der Waals surface area contributed by atoms with Crippen LogP contribution in [-0.2, 0) is 14.9 Å². The highest BCUT2D eigenvalue weighted by Gasteiger charge is 2.24.